The van der Waals surface area contributed by atoms with E-state index in [1.807, 2.05) is 27.7 Å². The standard InChI is InChI=1S/C23H50O5Si2/c1-9-22(7,29(25-11-3)26-12-4)19-15-17-21(24)18-16-20-23(8,10-2)30(27-13-5)28-14-6/h29-30H,9-20H2,1-8H3. The molecule has 0 aromatic rings. The minimum atomic E-state index is -1.74. The molecular formula is C23H50O5Si2. The SMILES string of the molecule is CCO[SiH](OCC)C(C)(CC)CCCC(=O)CCCC(C)(CC)[SiH](OCC)OCC. The van der Waals surface area contributed by atoms with Crippen LogP contribution in [0.2, 0.25) is 10.1 Å². The van der Waals surface area contributed by atoms with Crippen molar-refractivity contribution in [1.82, 2.24) is 0 Å². The van der Waals surface area contributed by atoms with E-state index in [1.165, 1.54) is 0 Å². The summed E-state index contributed by atoms with van der Waals surface area (Å²) in [5, 5.41) is 0.168. The average Bonchev–Trinajstić information content (AvgIpc) is 2.73. The fourth-order valence-electron chi connectivity index (χ4n) is 3.93. The van der Waals surface area contributed by atoms with Crippen molar-refractivity contribution in [3.63, 3.8) is 0 Å². The van der Waals surface area contributed by atoms with Crippen LogP contribution in [0.3, 0.4) is 0 Å². The van der Waals surface area contributed by atoms with Gasteiger partial charge in [0.15, 0.2) is 0 Å². The van der Waals surface area contributed by atoms with Crippen molar-refractivity contribution in [2.24, 2.45) is 0 Å². The molecule has 0 bridgehead atoms. The lowest BCUT2D eigenvalue weighted by atomic mass is 9.96. The highest BCUT2D eigenvalue weighted by molar-refractivity contribution is 6.49. The van der Waals surface area contributed by atoms with Crippen LogP contribution in [0.1, 0.15) is 107 Å². The Bertz CT molecular complexity index is 401. The Morgan fingerprint density at radius 2 is 0.933 bits per heavy atom. The highest BCUT2D eigenvalue weighted by Gasteiger charge is 2.38. The number of hydrogen-bond donors (Lipinski definition) is 0. The molecule has 180 valence electrons. The maximum atomic E-state index is 12.5. The zero-order chi connectivity index (χ0) is 23.0. The van der Waals surface area contributed by atoms with Gasteiger partial charge in [-0.25, -0.2) is 0 Å². The van der Waals surface area contributed by atoms with Gasteiger partial charge in [-0.3, -0.25) is 4.79 Å². The zero-order valence-corrected chi connectivity index (χ0v) is 23.5. The summed E-state index contributed by atoms with van der Waals surface area (Å²) >= 11 is 0. The molecule has 0 aliphatic carbocycles. The number of Topliss-reactive ketones (excluding diaryl/α,β-unsaturated/α-hetero) is 1. The third kappa shape index (κ3) is 10.5. The van der Waals surface area contributed by atoms with E-state index < -0.39 is 18.6 Å². The molecule has 0 aliphatic rings. The number of carbonyl (C=O) groups is 1. The van der Waals surface area contributed by atoms with E-state index in [0.717, 1.165) is 38.5 Å². The van der Waals surface area contributed by atoms with Gasteiger partial charge < -0.3 is 17.7 Å². The molecule has 0 aromatic carbocycles. The van der Waals surface area contributed by atoms with Gasteiger partial charge in [-0.2, -0.15) is 0 Å². The molecule has 2 atom stereocenters. The van der Waals surface area contributed by atoms with Crippen LogP contribution < -0.4 is 0 Å². The van der Waals surface area contributed by atoms with Crippen molar-refractivity contribution in [2.75, 3.05) is 26.4 Å². The Hall–Kier alpha value is -0.0562. The Labute approximate surface area is 190 Å². The maximum absolute atomic E-state index is 12.5. The van der Waals surface area contributed by atoms with E-state index in [4.69, 9.17) is 17.7 Å². The first-order chi connectivity index (χ1) is 14.3. The molecule has 5 nitrogen and oxygen atoms in total. The fourth-order valence-corrected chi connectivity index (χ4v) is 8.49. The molecule has 0 amide bonds. The molecule has 0 radical (unpaired) electrons. The molecule has 2 unspecified atom stereocenters. The Morgan fingerprint density at radius 1 is 0.633 bits per heavy atom. The molecule has 0 N–H and O–H groups in total. The first-order valence-electron chi connectivity index (χ1n) is 12.2. The van der Waals surface area contributed by atoms with Gasteiger partial charge in [0.25, 0.3) is 0 Å². The Balaban J connectivity index is 4.56. The summed E-state index contributed by atoms with van der Waals surface area (Å²) in [5.74, 6) is 0.379. The third-order valence-electron chi connectivity index (χ3n) is 6.43. The lowest BCUT2D eigenvalue weighted by molar-refractivity contribution is -0.119. The monoisotopic (exact) mass is 462 g/mol. The van der Waals surface area contributed by atoms with Crippen molar-refractivity contribution >= 4 is 24.4 Å². The van der Waals surface area contributed by atoms with Gasteiger partial charge in [0, 0.05) is 49.3 Å². The molecule has 0 aromatic heterocycles. The van der Waals surface area contributed by atoms with Crippen LogP contribution in [0.4, 0.5) is 0 Å². The topological polar surface area (TPSA) is 54.0 Å². The summed E-state index contributed by atoms with van der Waals surface area (Å²) in [7, 11) is -3.47. The van der Waals surface area contributed by atoms with Crippen molar-refractivity contribution < 1.29 is 22.5 Å². The Kier molecular flexibility index (Phi) is 16.5. The zero-order valence-electron chi connectivity index (χ0n) is 21.2. The van der Waals surface area contributed by atoms with Gasteiger partial charge in [0.2, 0.25) is 0 Å². The predicted octanol–water partition coefficient (Wildman–Crippen LogP) is 5.82. The van der Waals surface area contributed by atoms with Gasteiger partial charge in [0.05, 0.1) is 0 Å². The number of rotatable bonds is 20. The van der Waals surface area contributed by atoms with E-state index in [2.05, 4.69) is 27.7 Å². The first kappa shape index (κ1) is 29.9. The molecule has 0 fully saturated rings. The van der Waals surface area contributed by atoms with Crippen molar-refractivity contribution in [2.45, 2.75) is 117 Å². The number of hydrogen-bond acceptors (Lipinski definition) is 5. The van der Waals surface area contributed by atoms with Gasteiger partial charge in [-0.05, 0) is 66.2 Å². The average molecular weight is 463 g/mol. The lowest BCUT2D eigenvalue weighted by Gasteiger charge is -2.34. The van der Waals surface area contributed by atoms with E-state index in [-0.39, 0.29) is 10.1 Å². The van der Waals surface area contributed by atoms with Gasteiger partial charge in [-0.15, -0.1) is 0 Å². The van der Waals surface area contributed by atoms with Crippen molar-refractivity contribution in [1.29, 1.82) is 0 Å². The van der Waals surface area contributed by atoms with Crippen LogP contribution >= 0.6 is 0 Å². The largest absolute Gasteiger partial charge is 0.397 e. The fraction of sp³-hybridized carbons (Fsp3) is 0.957. The number of ketones is 1. The Morgan fingerprint density at radius 3 is 1.17 bits per heavy atom. The van der Waals surface area contributed by atoms with Gasteiger partial charge >= 0.3 is 18.6 Å². The van der Waals surface area contributed by atoms with E-state index in [1.54, 1.807) is 0 Å². The second kappa shape index (κ2) is 16.6. The summed E-state index contributed by atoms with van der Waals surface area (Å²) in [6, 6.07) is 0. The van der Waals surface area contributed by atoms with Gasteiger partial charge in [0.1, 0.15) is 5.78 Å². The molecule has 0 saturated heterocycles. The minimum absolute atomic E-state index is 0.0842. The predicted molar refractivity (Wildman–Crippen MR) is 131 cm³/mol. The third-order valence-corrected chi connectivity index (χ3v) is 12.6. The molecular weight excluding hydrogens is 412 g/mol. The van der Waals surface area contributed by atoms with Crippen LogP contribution in [-0.2, 0) is 22.5 Å². The second-order valence-electron chi connectivity index (χ2n) is 8.75. The maximum Gasteiger partial charge on any atom is 0.327 e. The minimum Gasteiger partial charge on any atom is -0.397 e. The molecule has 0 spiro atoms. The van der Waals surface area contributed by atoms with E-state index in [0.29, 0.717) is 45.1 Å². The molecule has 0 rings (SSSR count). The first-order valence-corrected chi connectivity index (χ1v) is 15.3. The highest BCUT2D eigenvalue weighted by Crippen LogP contribution is 2.41. The summed E-state index contributed by atoms with van der Waals surface area (Å²) in [5.41, 5.74) is 0. The summed E-state index contributed by atoms with van der Waals surface area (Å²) in [6.07, 6.45) is 7.25. The normalized spacial score (nSPS) is 16.1. The van der Waals surface area contributed by atoms with Crippen LogP contribution in [0.25, 0.3) is 0 Å². The lowest BCUT2D eigenvalue weighted by Crippen LogP contribution is -2.37. The van der Waals surface area contributed by atoms with E-state index in [9.17, 15) is 4.79 Å². The van der Waals surface area contributed by atoms with Gasteiger partial charge in [-0.1, -0.05) is 27.7 Å². The van der Waals surface area contributed by atoms with Crippen LogP contribution in [0.5, 0.6) is 0 Å². The number of carbonyl (C=O) groups excluding carboxylic acids is 1. The molecule has 30 heavy (non-hydrogen) atoms. The summed E-state index contributed by atoms with van der Waals surface area (Å²) in [4.78, 5) is 12.5. The van der Waals surface area contributed by atoms with Crippen LogP contribution in [-0.4, -0.2) is 50.8 Å². The smallest absolute Gasteiger partial charge is 0.327 e. The van der Waals surface area contributed by atoms with Crippen molar-refractivity contribution in [3.05, 3.63) is 0 Å². The van der Waals surface area contributed by atoms with Crippen molar-refractivity contribution in [3.8, 4) is 0 Å². The highest BCUT2D eigenvalue weighted by atomic mass is 28.3. The quantitative estimate of drug-likeness (QED) is 0.213. The molecule has 7 heteroatoms. The second-order valence-corrected chi connectivity index (χ2v) is 14.2. The van der Waals surface area contributed by atoms with Crippen LogP contribution in [0, 0.1) is 0 Å². The van der Waals surface area contributed by atoms with Crippen LogP contribution in [0.15, 0.2) is 0 Å². The van der Waals surface area contributed by atoms with E-state index >= 15 is 0 Å². The summed E-state index contributed by atoms with van der Waals surface area (Å²) in [6.45, 7) is 19.9. The molecule has 0 aliphatic heterocycles. The molecule has 0 heterocycles. The molecule has 0 saturated carbocycles. The summed E-state index contributed by atoms with van der Waals surface area (Å²) < 4.78 is 23.9.